The average molecular weight is 321 g/mol. The molecule has 2 heterocycles. The van der Waals surface area contributed by atoms with E-state index >= 15 is 0 Å². The number of nitrogens with two attached hydrogens (primary N) is 1. The van der Waals surface area contributed by atoms with E-state index in [-0.39, 0.29) is 0 Å². The monoisotopic (exact) mass is 321 g/mol. The molecule has 1 aromatic rings. The zero-order valence-corrected chi connectivity index (χ0v) is 14.6. The van der Waals surface area contributed by atoms with Crippen LogP contribution in [0.2, 0.25) is 0 Å². The quantitative estimate of drug-likeness (QED) is 0.720. The predicted molar refractivity (Wildman–Crippen MR) is 96.2 cm³/mol. The lowest BCUT2D eigenvalue weighted by molar-refractivity contribution is 0.188. The van der Waals surface area contributed by atoms with Crippen molar-refractivity contribution >= 4 is 11.5 Å². The Kier molecular flexibility index (Phi) is 7.42. The Morgan fingerprint density at radius 2 is 1.91 bits per heavy atom. The van der Waals surface area contributed by atoms with Crippen LogP contribution in [0.3, 0.4) is 0 Å². The molecule has 23 heavy (non-hydrogen) atoms. The maximum absolute atomic E-state index is 5.97. The van der Waals surface area contributed by atoms with E-state index in [9.17, 15) is 0 Å². The lowest BCUT2D eigenvalue weighted by Crippen LogP contribution is -2.44. The zero-order valence-electron chi connectivity index (χ0n) is 14.6. The minimum absolute atomic E-state index is 0.525. The van der Waals surface area contributed by atoms with Crippen molar-refractivity contribution in [1.29, 1.82) is 0 Å². The zero-order chi connectivity index (χ0) is 16.5. The van der Waals surface area contributed by atoms with Gasteiger partial charge in [-0.25, -0.2) is 0 Å². The second-order valence-electron chi connectivity index (χ2n) is 6.02. The Morgan fingerprint density at radius 3 is 2.57 bits per heavy atom. The number of hydrogen-bond acceptors (Lipinski definition) is 6. The predicted octanol–water partition coefficient (Wildman–Crippen LogP) is 1.57. The number of nitrogens with zero attached hydrogens (tertiary/aromatic N) is 3. The normalized spacial score (nSPS) is 15.6. The Bertz CT molecular complexity index is 456. The van der Waals surface area contributed by atoms with E-state index in [1.54, 1.807) is 0 Å². The van der Waals surface area contributed by atoms with Crippen molar-refractivity contribution in [1.82, 2.24) is 15.2 Å². The number of nitrogens with one attached hydrogen (secondary N) is 1. The van der Waals surface area contributed by atoms with Crippen LogP contribution in [0.1, 0.15) is 26.7 Å². The van der Waals surface area contributed by atoms with Gasteiger partial charge in [0.1, 0.15) is 12.4 Å². The van der Waals surface area contributed by atoms with Gasteiger partial charge < -0.3 is 20.7 Å². The summed E-state index contributed by atoms with van der Waals surface area (Å²) in [5.74, 6) is 1.16. The number of piperazine rings is 1. The lowest BCUT2D eigenvalue weighted by Gasteiger charge is -2.27. The van der Waals surface area contributed by atoms with Crippen LogP contribution in [0.25, 0.3) is 0 Å². The molecule has 0 spiro atoms. The molecule has 6 heteroatoms. The van der Waals surface area contributed by atoms with E-state index < -0.39 is 0 Å². The summed E-state index contributed by atoms with van der Waals surface area (Å²) in [6.45, 7) is 12.3. The number of ether oxygens (including phenoxy) is 1. The van der Waals surface area contributed by atoms with Crippen molar-refractivity contribution in [2.24, 2.45) is 0 Å². The van der Waals surface area contributed by atoms with Crippen LogP contribution in [0.4, 0.5) is 11.5 Å². The van der Waals surface area contributed by atoms with Crippen LogP contribution in [0.5, 0.6) is 5.88 Å². The fourth-order valence-corrected chi connectivity index (χ4v) is 2.89. The van der Waals surface area contributed by atoms with Crippen molar-refractivity contribution in [3.8, 4) is 5.88 Å². The third-order valence-corrected chi connectivity index (χ3v) is 4.03. The first-order chi connectivity index (χ1) is 11.2. The largest absolute Gasteiger partial charge is 0.476 e. The first-order valence-corrected chi connectivity index (χ1v) is 8.81. The van der Waals surface area contributed by atoms with Gasteiger partial charge in [0.05, 0.1) is 0 Å². The summed E-state index contributed by atoms with van der Waals surface area (Å²) in [6.07, 6.45) is 2.23. The van der Waals surface area contributed by atoms with Gasteiger partial charge in [0.2, 0.25) is 5.88 Å². The van der Waals surface area contributed by atoms with E-state index in [0.717, 1.165) is 64.3 Å². The van der Waals surface area contributed by atoms with Crippen molar-refractivity contribution < 1.29 is 4.74 Å². The van der Waals surface area contributed by atoms with Crippen molar-refractivity contribution in [3.63, 3.8) is 0 Å². The number of pyridine rings is 1. The molecule has 1 aliphatic rings. The smallest absolute Gasteiger partial charge is 0.217 e. The molecule has 1 aliphatic heterocycles. The van der Waals surface area contributed by atoms with Gasteiger partial charge in [0.15, 0.2) is 0 Å². The van der Waals surface area contributed by atoms with Gasteiger partial charge in [0.25, 0.3) is 0 Å². The fourth-order valence-electron chi connectivity index (χ4n) is 2.89. The van der Waals surface area contributed by atoms with E-state index in [2.05, 4.69) is 33.9 Å². The van der Waals surface area contributed by atoms with E-state index in [1.807, 2.05) is 12.1 Å². The molecular formula is C17H31N5O. The molecule has 0 atom stereocenters. The minimum atomic E-state index is 0.525. The standard InChI is InChI=1S/C17H31N5O/c1-3-7-22(8-4-2)15-13-16(18)20-17(14-15)23-12-11-21-9-5-19-6-10-21/h13-14,19H,3-12H2,1-2H3,(H2,18,20). The summed E-state index contributed by atoms with van der Waals surface area (Å²) in [5.41, 5.74) is 7.08. The first-order valence-electron chi connectivity index (χ1n) is 8.81. The summed E-state index contributed by atoms with van der Waals surface area (Å²) in [6, 6.07) is 3.95. The SMILES string of the molecule is CCCN(CCC)c1cc(N)nc(OCCN2CCNCC2)c1. The first kappa shape index (κ1) is 17.8. The molecule has 6 nitrogen and oxygen atoms in total. The molecule has 0 aromatic carbocycles. The van der Waals surface area contributed by atoms with Crippen LogP contribution >= 0.6 is 0 Å². The molecule has 0 radical (unpaired) electrons. The van der Waals surface area contributed by atoms with Gasteiger partial charge in [-0.3, -0.25) is 4.90 Å². The Balaban J connectivity index is 1.92. The van der Waals surface area contributed by atoms with Crippen LogP contribution in [0, 0.1) is 0 Å². The summed E-state index contributed by atoms with van der Waals surface area (Å²) >= 11 is 0. The van der Waals surface area contributed by atoms with Gasteiger partial charge in [-0.2, -0.15) is 4.98 Å². The summed E-state index contributed by atoms with van der Waals surface area (Å²) in [4.78, 5) is 9.07. The molecule has 3 N–H and O–H groups in total. The molecule has 1 fully saturated rings. The molecule has 0 saturated carbocycles. The Labute approximate surface area is 140 Å². The Hall–Kier alpha value is -1.53. The molecule has 0 bridgehead atoms. The second kappa shape index (κ2) is 9.57. The van der Waals surface area contributed by atoms with E-state index in [0.29, 0.717) is 18.3 Å². The highest BCUT2D eigenvalue weighted by Gasteiger charge is 2.11. The highest BCUT2D eigenvalue weighted by atomic mass is 16.5. The van der Waals surface area contributed by atoms with E-state index in [4.69, 9.17) is 10.5 Å². The van der Waals surface area contributed by atoms with Gasteiger partial charge in [0, 0.05) is 63.6 Å². The van der Waals surface area contributed by atoms with Gasteiger partial charge in [-0.1, -0.05) is 13.8 Å². The second-order valence-corrected chi connectivity index (χ2v) is 6.02. The highest BCUT2D eigenvalue weighted by Crippen LogP contribution is 2.23. The molecule has 0 unspecified atom stereocenters. The maximum atomic E-state index is 5.97. The van der Waals surface area contributed by atoms with Gasteiger partial charge in [-0.15, -0.1) is 0 Å². The summed E-state index contributed by atoms with van der Waals surface area (Å²) < 4.78 is 5.86. The van der Waals surface area contributed by atoms with Crippen molar-refractivity contribution in [2.75, 3.05) is 63.1 Å². The average Bonchev–Trinajstić information content (AvgIpc) is 2.55. The highest BCUT2D eigenvalue weighted by molar-refractivity contribution is 5.55. The van der Waals surface area contributed by atoms with Crippen LogP contribution in [-0.4, -0.2) is 62.3 Å². The lowest BCUT2D eigenvalue weighted by atomic mass is 10.3. The van der Waals surface area contributed by atoms with Crippen molar-refractivity contribution in [2.45, 2.75) is 26.7 Å². The minimum Gasteiger partial charge on any atom is -0.476 e. The molecule has 1 saturated heterocycles. The van der Waals surface area contributed by atoms with Crippen molar-refractivity contribution in [3.05, 3.63) is 12.1 Å². The maximum Gasteiger partial charge on any atom is 0.217 e. The number of hydrogen-bond donors (Lipinski definition) is 2. The Morgan fingerprint density at radius 1 is 1.22 bits per heavy atom. The van der Waals surface area contributed by atoms with Gasteiger partial charge >= 0.3 is 0 Å². The third-order valence-electron chi connectivity index (χ3n) is 4.03. The molecule has 0 amide bonds. The number of rotatable bonds is 9. The van der Waals surface area contributed by atoms with Gasteiger partial charge in [-0.05, 0) is 12.8 Å². The van der Waals surface area contributed by atoms with E-state index in [1.165, 1.54) is 0 Å². The molecular weight excluding hydrogens is 290 g/mol. The summed E-state index contributed by atoms with van der Waals surface area (Å²) in [5, 5.41) is 3.36. The molecule has 1 aromatic heterocycles. The fraction of sp³-hybridized carbons (Fsp3) is 0.706. The topological polar surface area (TPSA) is 66.6 Å². The number of nitrogen functional groups attached to an aromatic ring is 1. The number of anilines is 2. The van der Waals surface area contributed by atoms with Crippen LogP contribution in [0.15, 0.2) is 12.1 Å². The molecule has 0 aliphatic carbocycles. The third kappa shape index (κ3) is 5.88. The number of aromatic nitrogens is 1. The summed E-state index contributed by atoms with van der Waals surface area (Å²) in [7, 11) is 0. The van der Waals surface area contributed by atoms with Crippen LogP contribution < -0.4 is 20.7 Å². The van der Waals surface area contributed by atoms with Crippen LogP contribution in [-0.2, 0) is 0 Å². The molecule has 2 rings (SSSR count). The molecule has 130 valence electrons.